The third-order valence-corrected chi connectivity index (χ3v) is 6.21. The van der Waals surface area contributed by atoms with Crippen LogP contribution in [0, 0.1) is 5.92 Å². The van der Waals surface area contributed by atoms with Crippen molar-refractivity contribution in [2.75, 3.05) is 51.3 Å². The van der Waals surface area contributed by atoms with Crippen molar-refractivity contribution < 1.29 is 19.1 Å². The lowest BCUT2D eigenvalue weighted by atomic mass is 9.97. The molecule has 0 unspecified atom stereocenters. The van der Waals surface area contributed by atoms with Gasteiger partial charge in [-0.3, -0.25) is 14.5 Å². The van der Waals surface area contributed by atoms with Crippen molar-refractivity contribution in [3.63, 3.8) is 0 Å². The van der Waals surface area contributed by atoms with Crippen LogP contribution in [0.2, 0.25) is 0 Å². The second-order valence-corrected chi connectivity index (χ2v) is 8.56. The van der Waals surface area contributed by atoms with Gasteiger partial charge in [0.05, 0.1) is 18.3 Å². The summed E-state index contributed by atoms with van der Waals surface area (Å²) in [5, 5.41) is 3.02. The lowest BCUT2D eigenvalue weighted by Crippen LogP contribution is -2.58. The zero-order valence-electron chi connectivity index (χ0n) is 17.4. The maximum Gasteiger partial charge on any atom is 0.238 e. The van der Waals surface area contributed by atoms with Gasteiger partial charge in [0.1, 0.15) is 12.4 Å². The molecule has 3 heterocycles. The molecule has 29 heavy (non-hydrogen) atoms. The number of carbonyl (C=O) groups is 2. The molecule has 0 spiro atoms. The minimum absolute atomic E-state index is 0.00835. The van der Waals surface area contributed by atoms with E-state index in [1.165, 1.54) is 0 Å². The van der Waals surface area contributed by atoms with Gasteiger partial charge in [0.25, 0.3) is 0 Å². The normalized spacial score (nSPS) is 23.9. The summed E-state index contributed by atoms with van der Waals surface area (Å²) in [6.45, 7) is 8.31. The first-order valence-electron chi connectivity index (χ1n) is 10.7. The number of fused-ring (bicyclic) bond motifs is 2. The number of carbonyl (C=O) groups excluding carboxylic acids is 2. The fourth-order valence-corrected chi connectivity index (χ4v) is 4.35. The molecule has 2 fully saturated rings. The molecule has 7 nitrogen and oxygen atoms in total. The Hall–Kier alpha value is -2.12. The summed E-state index contributed by atoms with van der Waals surface area (Å²) in [5.41, 5.74) is 1.90. The number of nitrogens with one attached hydrogen (secondary N) is 1. The van der Waals surface area contributed by atoms with Crippen LogP contribution in [0.3, 0.4) is 0 Å². The molecule has 2 saturated heterocycles. The quantitative estimate of drug-likeness (QED) is 0.822. The van der Waals surface area contributed by atoms with Gasteiger partial charge in [-0.15, -0.1) is 0 Å². The van der Waals surface area contributed by atoms with Gasteiger partial charge in [-0.2, -0.15) is 0 Å². The Morgan fingerprint density at radius 1 is 1.21 bits per heavy atom. The molecule has 0 aromatic heterocycles. The van der Waals surface area contributed by atoms with E-state index in [0.29, 0.717) is 57.7 Å². The molecule has 0 saturated carbocycles. The molecule has 1 aromatic rings. The molecule has 0 bridgehead atoms. The minimum atomic E-state index is -0.0353. The molecule has 4 rings (SSSR count). The average molecular weight is 402 g/mol. The van der Waals surface area contributed by atoms with Crippen LogP contribution in [-0.2, 0) is 14.3 Å². The molecule has 1 N–H and O–H groups in total. The summed E-state index contributed by atoms with van der Waals surface area (Å²) < 4.78 is 11.5. The van der Waals surface area contributed by atoms with Crippen molar-refractivity contribution >= 4 is 17.5 Å². The van der Waals surface area contributed by atoms with Gasteiger partial charge in [-0.25, -0.2) is 0 Å². The molecular weight excluding hydrogens is 370 g/mol. The predicted molar refractivity (Wildman–Crippen MR) is 110 cm³/mol. The molecule has 1 aromatic carbocycles. The van der Waals surface area contributed by atoms with Crippen LogP contribution >= 0.6 is 0 Å². The van der Waals surface area contributed by atoms with E-state index in [9.17, 15) is 9.59 Å². The Bertz CT molecular complexity index is 760. The molecule has 0 radical (unpaired) electrons. The Labute approximate surface area is 172 Å². The van der Waals surface area contributed by atoms with Crippen LogP contribution in [0.5, 0.6) is 5.75 Å². The number of amides is 2. The summed E-state index contributed by atoms with van der Waals surface area (Å²) in [7, 11) is 0. The molecule has 0 aliphatic carbocycles. The topological polar surface area (TPSA) is 71.1 Å². The third kappa shape index (κ3) is 4.56. The zero-order valence-corrected chi connectivity index (χ0v) is 17.4. The van der Waals surface area contributed by atoms with Crippen molar-refractivity contribution in [3.05, 3.63) is 23.8 Å². The van der Waals surface area contributed by atoms with E-state index in [4.69, 9.17) is 9.47 Å². The molecule has 158 valence electrons. The van der Waals surface area contributed by atoms with E-state index in [2.05, 4.69) is 24.1 Å². The van der Waals surface area contributed by atoms with E-state index in [-0.39, 0.29) is 23.8 Å². The standard InChI is InChI=1S/C22H31N3O4/c1-15(2)17-3-4-20-19(11-17)23-21(26)13-24-7-8-25(12-18(24)14-29-20)22(27)16-5-9-28-10-6-16/h3-4,11,15-16,18H,5-10,12-14H2,1-2H3,(H,23,26)/t18-/m0/s1. The molecule has 2 amide bonds. The highest BCUT2D eigenvalue weighted by molar-refractivity contribution is 5.94. The number of anilines is 1. The van der Waals surface area contributed by atoms with E-state index in [0.717, 1.165) is 24.1 Å². The van der Waals surface area contributed by atoms with Crippen LogP contribution in [0.15, 0.2) is 18.2 Å². The summed E-state index contributed by atoms with van der Waals surface area (Å²) in [4.78, 5) is 29.7. The average Bonchev–Trinajstić information content (AvgIpc) is 2.79. The first-order chi connectivity index (χ1) is 14.0. The van der Waals surface area contributed by atoms with Gasteiger partial charge in [0.2, 0.25) is 11.8 Å². The van der Waals surface area contributed by atoms with Crippen LogP contribution in [-0.4, -0.2) is 73.7 Å². The Balaban J connectivity index is 1.48. The van der Waals surface area contributed by atoms with Gasteiger partial charge < -0.3 is 19.7 Å². The van der Waals surface area contributed by atoms with Crippen LogP contribution < -0.4 is 10.1 Å². The first-order valence-corrected chi connectivity index (χ1v) is 10.7. The van der Waals surface area contributed by atoms with Crippen molar-refractivity contribution in [2.45, 2.75) is 38.6 Å². The smallest absolute Gasteiger partial charge is 0.238 e. The number of nitrogens with zero attached hydrogens (tertiary/aromatic N) is 2. The maximum atomic E-state index is 12.9. The maximum absolute atomic E-state index is 12.9. The molecular formula is C22H31N3O4. The molecule has 1 atom stereocenters. The highest BCUT2D eigenvalue weighted by atomic mass is 16.5. The highest BCUT2D eigenvalue weighted by Gasteiger charge is 2.35. The fourth-order valence-electron chi connectivity index (χ4n) is 4.35. The monoisotopic (exact) mass is 401 g/mol. The summed E-state index contributed by atoms with van der Waals surface area (Å²) in [6.07, 6.45) is 1.60. The van der Waals surface area contributed by atoms with Gasteiger partial charge >= 0.3 is 0 Å². The number of hydrogen-bond acceptors (Lipinski definition) is 5. The summed E-state index contributed by atoms with van der Waals surface area (Å²) in [6, 6.07) is 6.00. The second-order valence-electron chi connectivity index (χ2n) is 8.56. The van der Waals surface area contributed by atoms with Crippen molar-refractivity contribution in [1.82, 2.24) is 9.80 Å². The Morgan fingerprint density at radius 3 is 2.76 bits per heavy atom. The van der Waals surface area contributed by atoms with Crippen LogP contribution in [0.4, 0.5) is 5.69 Å². The van der Waals surface area contributed by atoms with Crippen molar-refractivity contribution in [2.24, 2.45) is 5.92 Å². The van der Waals surface area contributed by atoms with E-state index in [1.54, 1.807) is 0 Å². The molecule has 3 aliphatic heterocycles. The Kier molecular flexibility index (Phi) is 6.06. The fraction of sp³-hybridized carbons (Fsp3) is 0.636. The van der Waals surface area contributed by atoms with E-state index < -0.39 is 0 Å². The van der Waals surface area contributed by atoms with E-state index >= 15 is 0 Å². The summed E-state index contributed by atoms with van der Waals surface area (Å²) in [5.74, 6) is 1.32. The van der Waals surface area contributed by atoms with Crippen molar-refractivity contribution in [3.8, 4) is 5.75 Å². The van der Waals surface area contributed by atoms with Gasteiger partial charge in [0.15, 0.2) is 0 Å². The SMILES string of the molecule is CC(C)c1ccc2c(c1)NC(=O)CN1CCN(C(=O)C3CCOCC3)C[C@H]1CO2. The van der Waals surface area contributed by atoms with Crippen LogP contribution in [0.25, 0.3) is 0 Å². The highest BCUT2D eigenvalue weighted by Crippen LogP contribution is 2.30. The summed E-state index contributed by atoms with van der Waals surface area (Å²) >= 11 is 0. The Morgan fingerprint density at radius 2 is 2.00 bits per heavy atom. The van der Waals surface area contributed by atoms with Gasteiger partial charge in [0, 0.05) is 38.8 Å². The van der Waals surface area contributed by atoms with Gasteiger partial charge in [-0.1, -0.05) is 19.9 Å². The number of benzene rings is 1. The number of ether oxygens (including phenoxy) is 2. The number of piperazine rings is 1. The lowest BCUT2D eigenvalue weighted by molar-refractivity contribution is -0.142. The molecule has 3 aliphatic rings. The zero-order chi connectivity index (χ0) is 20.4. The molecule has 7 heteroatoms. The third-order valence-electron chi connectivity index (χ3n) is 6.21. The van der Waals surface area contributed by atoms with Gasteiger partial charge in [-0.05, 0) is 36.5 Å². The number of hydrogen-bond donors (Lipinski definition) is 1. The van der Waals surface area contributed by atoms with Crippen molar-refractivity contribution in [1.29, 1.82) is 0 Å². The number of rotatable bonds is 2. The first kappa shape index (κ1) is 20.2. The lowest BCUT2D eigenvalue weighted by Gasteiger charge is -2.41. The largest absolute Gasteiger partial charge is 0.490 e. The second kappa shape index (κ2) is 8.71. The predicted octanol–water partition coefficient (Wildman–Crippen LogP) is 2.08. The minimum Gasteiger partial charge on any atom is -0.490 e. The van der Waals surface area contributed by atoms with Crippen LogP contribution in [0.1, 0.15) is 38.2 Å². The van der Waals surface area contributed by atoms with E-state index in [1.807, 2.05) is 23.1 Å².